The van der Waals surface area contributed by atoms with Gasteiger partial charge >= 0.3 is 5.97 Å². The third-order valence-corrected chi connectivity index (χ3v) is 5.11. The predicted octanol–water partition coefficient (Wildman–Crippen LogP) is 2.82. The van der Waals surface area contributed by atoms with E-state index < -0.39 is 11.4 Å². The van der Waals surface area contributed by atoms with Crippen LogP contribution in [0.25, 0.3) is 0 Å². The number of amides is 1. The molecule has 1 aliphatic heterocycles. The second-order valence-corrected chi connectivity index (χ2v) is 6.42. The Kier molecular flexibility index (Phi) is 3.16. The van der Waals surface area contributed by atoms with Crippen LogP contribution in [0.4, 0.5) is 0 Å². The number of carboxylic acid groups (broad SMARTS) is 1. The molecule has 1 amide bonds. The Balaban J connectivity index is 1.91. The summed E-state index contributed by atoms with van der Waals surface area (Å²) >= 11 is 3.22. The van der Waals surface area contributed by atoms with Gasteiger partial charge in [0.15, 0.2) is 4.67 Å². The number of carbonyl (C=O) groups excluding carboxylic acids is 1. The fraction of sp³-hybridized carbons (Fsp3) is 0.571. The molecule has 108 valence electrons. The average Bonchev–Trinajstić information content (AvgIpc) is 3.01. The molecule has 1 aromatic rings. The highest BCUT2D eigenvalue weighted by atomic mass is 79.9. The Labute approximate surface area is 125 Å². The van der Waals surface area contributed by atoms with Gasteiger partial charge in [0, 0.05) is 18.7 Å². The van der Waals surface area contributed by atoms with Crippen molar-refractivity contribution < 1.29 is 19.1 Å². The van der Waals surface area contributed by atoms with Gasteiger partial charge < -0.3 is 14.4 Å². The topological polar surface area (TPSA) is 70.8 Å². The Morgan fingerprint density at radius 3 is 2.85 bits per heavy atom. The summed E-state index contributed by atoms with van der Waals surface area (Å²) in [6.07, 6.45) is 2.87. The molecule has 0 unspecified atom stereocenters. The van der Waals surface area contributed by atoms with Gasteiger partial charge in [-0.25, -0.2) is 0 Å². The maximum atomic E-state index is 12.6. The number of rotatable bonds is 2. The summed E-state index contributed by atoms with van der Waals surface area (Å²) in [6.45, 7) is 2.26. The number of fused-ring (bicyclic) bond motifs is 1. The first kappa shape index (κ1) is 13.7. The van der Waals surface area contributed by atoms with Crippen molar-refractivity contribution in [3.8, 4) is 0 Å². The Bertz CT molecular complexity index is 582. The van der Waals surface area contributed by atoms with Crippen molar-refractivity contribution in [1.29, 1.82) is 0 Å². The van der Waals surface area contributed by atoms with E-state index in [1.165, 1.54) is 0 Å². The molecule has 1 saturated carbocycles. The molecule has 1 saturated heterocycles. The molecule has 2 atom stereocenters. The van der Waals surface area contributed by atoms with E-state index in [0.717, 1.165) is 12.8 Å². The zero-order valence-electron chi connectivity index (χ0n) is 11.2. The minimum Gasteiger partial charge on any atom is -0.481 e. The molecule has 0 spiro atoms. The smallest absolute Gasteiger partial charge is 0.311 e. The predicted molar refractivity (Wildman–Crippen MR) is 74.5 cm³/mol. The van der Waals surface area contributed by atoms with E-state index in [1.807, 2.05) is 0 Å². The van der Waals surface area contributed by atoms with Crippen molar-refractivity contribution in [3.63, 3.8) is 0 Å². The number of furan rings is 1. The number of halogens is 1. The number of hydrogen-bond donors (Lipinski definition) is 1. The van der Waals surface area contributed by atoms with Crippen molar-refractivity contribution in [2.75, 3.05) is 6.54 Å². The minimum absolute atomic E-state index is 0.119. The van der Waals surface area contributed by atoms with Crippen molar-refractivity contribution in [1.82, 2.24) is 4.90 Å². The molecule has 2 aliphatic rings. The van der Waals surface area contributed by atoms with Crippen LogP contribution in [0.15, 0.2) is 15.2 Å². The summed E-state index contributed by atoms with van der Waals surface area (Å²) in [7, 11) is 0. The summed E-state index contributed by atoms with van der Waals surface area (Å²) < 4.78 is 5.85. The largest absolute Gasteiger partial charge is 0.481 e. The third kappa shape index (κ3) is 1.81. The molecule has 5 nitrogen and oxygen atoms in total. The first-order valence-corrected chi connectivity index (χ1v) is 7.55. The van der Waals surface area contributed by atoms with Crippen LogP contribution in [-0.2, 0) is 4.79 Å². The Hall–Kier alpha value is -1.30. The highest BCUT2D eigenvalue weighted by molar-refractivity contribution is 9.10. The molecule has 1 aromatic heterocycles. The molecule has 0 aromatic carbocycles. The van der Waals surface area contributed by atoms with Crippen molar-refractivity contribution >= 4 is 27.8 Å². The molecule has 0 radical (unpaired) electrons. The van der Waals surface area contributed by atoms with Crippen LogP contribution >= 0.6 is 15.9 Å². The van der Waals surface area contributed by atoms with Crippen LogP contribution in [0.5, 0.6) is 0 Å². The van der Waals surface area contributed by atoms with Crippen LogP contribution < -0.4 is 0 Å². The zero-order chi connectivity index (χ0) is 14.5. The van der Waals surface area contributed by atoms with Gasteiger partial charge in [-0.15, -0.1) is 0 Å². The van der Waals surface area contributed by atoms with Crippen molar-refractivity contribution in [2.45, 2.75) is 38.6 Å². The molecule has 1 aliphatic carbocycles. The maximum Gasteiger partial charge on any atom is 0.311 e. The molecule has 2 fully saturated rings. The van der Waals surface area contributed by atoms with Gasteiger partial charge in [-0.1, -0.05) is 6.42 Å². The highest BCUT2D eigenvalue weighted by Gasteiger charge is 2.56. The number of carbonyl (C=O) groups is 2. The van der Waals surface area contributed by atoms with Crippen LogP contribution in [-0.4, -0.2) is 34.5 Å². The number of aliphatic carboxylic acids is 1. The normalized spacial score (nSPS) is 28.7. The minimum atomic E-state index is -0.764. The lowest BCUT2D eigenvalue weighted by Crippen LogP contribution is -2.43. The summed E-state index contributed by atoms with van der Waals surface area (Å²) in [5.74, 6) is -0.319. The molecule has 3 rings (SSSR count). The van der Waals surface area contributed by atoms with Gasteiger partial charge in [0.1, 0.15) is 5.76 Å². The molecular formula is C14H16BrNO4. The fourth-order valence-corrected chi connectivity index (χ4v) is 4.16. The lowest BCUT2D eigenvalue weighted by Gasteiger charge is -2.28. The number of carboxylic acids is 1. The molecular weight excluding hydrogens is 326 g/mol. The second-order valence-electron chi connectivity index (χ2n) is 5.64. The van der Waals surface area contributed by atoms with Gasteiger partial charge in [-0.2, -0.15) is 0 Å². The van der Waals surface area contributed by atoms with E-state index in [1.54, 1.807) is 17.9 Å². The van der Waals surface area contributed by atoms with Crippen LogP contribution in [0.2, 0.25) is 0 Å². The first-order chi connectivity index (χ1) is 9.45. The standard InChI is InChI=1S/C14H16BrNO4/c1-8-9(7-11(15)20-8)12(17)16-6-5-14(13(18)19)4-2-3-10(14)16/h7,10H,2-6H2,1H3,(H,18,19)/t10-,14+/m0/s1. The maximum absolute atomic E-state index is 12.6. The number of hydrogen-bond acceptors (Lipinski definition) is 3. The van der Waals surface area contributed by atoms with Gasteiger partial charge in [-0.3, -0.25) is 9.59 Å². The summed E-state index contributed by atoms with van der Waals surface area (Å²) in [5.41, 5.74) is -0.213. The SMILES string of the molecule is Cc1oc(Br)cc1C(=O)N1CC[C@]2(C(=O)O)CCC[C@H]12. The lowest BCUT2D eigenvalue weighted by molar-refractivity contribution is -0.149. The van der Waals surface area contributed by atoms with Gasteiger partial charge in [0.25, 0.3) is 5.91 Å². The van der Waals surface area contributed by atoms with E-state index in [-0.39, 0.29) is 11.9 Å². The lowest BCUT2D eigenvalue weighted by atomic mass is 9.82. The molecule has 20 heavy (non-hydrogen) atoms. The van der Waals surface area contributed by atoms with Crippen molar-refractivity contribution in [2.24, 2.45) is 5.41 Å². The summed E-state index contributed by atoms with van der Waals surface area (Å²) in [4.78, 5) is 26.0. The van der Waals surface area contributed by atoms with Crippen LogP contribution in [0, 0.1) is 12.3 Å². The van der Waals surface area contributed by atoms with E-state index >= 15 is 0 Å². The molecule has 1 N–H and O–H groups in total. The Morgan fingerprint density at radius 1 is 1.50 bits per heavy atom. The third-order valence-electron chi connectivity index (χ3n) is 4.72. The highest BCUT2D eigenvalue weighted by Crippen LogP contribution is 2.49. The zero-order valence-corrected chi connectivity index (χ0v) is 12.8. The van der Waals surface area contributed by atoms with Gasteiger partial charge in [0.2, 0.25) is 0 Å². The number of nitrogens with zero attached hydrogens (tertiary/aromatic N) is 1. The van der Waals surface area contributed by atoms with Crippen LogP contribution in [0.1, 0.15) is 41.8 Å². The number of likely N-dealkylation sites (tertiary alicyclic amines) is 1. The molecule has 0 bridgehead atoms. The average molecular weight is 342 g/mol. The number of aryl methyl sites for hydroxylation is 1. The van der Waals surface area contributed by atoms with E-state index in [9.17, 15) is 14.7 Å². The van der Waals surface area contributed by atoms with Gasteiger partial charge in [0.05, 0.1) is 11.0 Å². The van der Waals surface area contributed by atoms with Crippen LogP contribution in [0.3, 0.4) is 0 Å². The van der Waals surface area contributed by atoms with E-state index in [2.05, 4.69) is 15.9 Å². The van der Waals surface area contributed by atoms with Gasteiger partial charge in [-0.05, 0) is 42.1 Å². The monoisotopic (exact) mass is 341 g/mol. The second kappa shape index (κ2) is 4.62. The summed E-state index contributed by atoms with van der Waals surface area (Å²) in [5, 5.41) is 9.54. The quantitative estimate of drug-likeness (QED) is 0.897. The fourth-order valence-electron chi connectivity index (χ4n) is 3.69. The van der Waals surface area contributed by atoms with Crippen molar-refractivity contribution in [3.05, 3.63) is 22.1 Å². The van der Waals surface area contributed by atoms with E-state index in [0.29, 0.717) is 35.4 Å². The Morgan fingerprint density at radius 2 is 2.25 bits per heavy atom. The summed E-state index contributed by atoms with van der Waals surface area (Å²) in [6, 6.07) is 1.48. The first-order valence-electron chi connectivity index (χ1n) is 6.76. The molecule has 2 heterocycles. The molecule has 6 heteroatoms. The van der Waals surface area contributed by atoms with E-state index in [4.69, 9.17) is 4.42 Å².